The van der Waals surface area contributed by atoms with Crippen molar-refractivity contribution >= 4 is 31.9 Å². The Morgan fingerprint density at radius 3 is 2.56 bits per heavy atom. The molecule has 0 radical (unpaired) electrons. The first-order valence-electron chi connectivity index (χ1n) is 2.48. The first kappa shape index (κ1) is 7.22. The van der Waals surface area contributed by atoms with E-state index in [0.29, 0.717) is 0 Å². The van der Waals surface area contributed by atoms with Gasteiger partial charge in [-0.25, -0.2) is 4.98 Å². The van der Waals surface area contributed by atoms with Crippen LogP contribution in [0.15, 0.2) is 21.3 Å². The molecule has 1 rings (SSSR count). The van der Waals surface area contributed by atoms with Gasteiger partial charge in [0.05, 0.1) is 4.47 Å². The third-order valence-electron chi connectivity index (χ3n) is 1.04. The highest BCUT2D eigenvalue weighted by Gasteiger charge is 1.97. The average Bonchev–Trinajstić information content (AvgIpc) is 1.83. The Morgan fingerprint density at radius 2 is 2.11 bits per heavy atom. The predicted molar refractivity (Wildman–Crippen MR) is 44.4 cm³/mol. The maximum Gasteiger partial charge on any atom is 0.120 e. The van der Waals surface area contributed by atoms with Crippen LogP contribution in [-0.4, -0.2) is 4.98 Å². The number of aryl methyl sites for hydroxylation is 1. The van der Waals surface area contributed by atoms with Crippen molar-refractivity contribution in [3.05, 3.63) is 26.9 Å². The predicted octanol–water partition coefficient (Wildman–Crippen LogP) is 2.92. The first-order valence-corrected chi connectivity index (χ1v) is 4.07. The maximum absolute atomic E-state index is 4.01. The van der Waals surface area contributed by atoms with Gasteiger partial charge in [0.15, 0.2) is 0 Å². The van der Waals surface area contributed by atoms with Gasteiger partial charge in [0.25, 0.3) is 0 Å². The van der Waals surface area contributed by atoms with Crippen molar-refractivity contribution in [3.63, 3.8) is 0 Å². The van der Waals surface area contributed by atoms with Gasteiger partial charge in [0.2, 0.25) is 0 Å². The highest BCUT2D eigenvalue weighted by atomic mass is 79.9. The topological polar surface area (TPSA) is 12.9 Å². The maximum atomic E-state index is 4.01. The molecule has 1 nitrogen and oxygen atoms in total. The van der Waals surface area contributed by atoms with Crippen molar-refractivity contribution in [2.45, 2.75) is 6.92 Å². The van der Waals surface area contributed by atoms with Crippen molar-refractivity contribution < 1.29 is 0 Å². The molecule has 0 unspecified atom stereocenters. The minimum Gasteiger partial charge on any atom is -0.248 e. The molecule has 1 heterocycles. The minimum absolute atomic E-state index is 0.863. The molecule has 1 aromatic heterocycles. The molecule has 9 heavy (non-hydrogen) atoms. The van der Waals surface area contributed by atoms with Crippen LogP contribution in [0.3, 0.4) is 0 Å². The van der Waals surface area contributed by atoms with Crippen molar-refractivity contribution in [2.75, 3.05) is 0 Å². The van der Waals surface area contributed by atoms with Crippen LogP contribution < -0.4 is 0 Å². The zero-order chi connectivity index (χ0) is 6.85. The Labute approximate surface area is 70.8 Å². The summed E-state index contributed by atoms with van der Waals surface area (Å²) in [4.78, 5) is 4.01. The van der Waals surface area contributed by atoms with Gasteiger partial charge in [-0.05, 0) is 50.4 Å². The number of halogens is 2. The number of aromatic nitrogens is 1. The van der Waals surface area contributed by atoms with E-state index in [-0.39, 0.29) is 0 Å². The largest absolute Gasteiger partial charge is 0.248 e. The molecule has 0 N–H and O–H groups in total. The Balaban J connectivity index is 3.25. The van der Waals surface area contributed by atoms with Crippen molar-refractivity contribution in [3.8, 4) is 0 Å². The van der Waals surface area contributed by atoms with E-state index in [2.05, 4.69) is 36.8 Å². The van der Waals surface area contributed by atoms with Crippen LogP contribution in [0.1, 0.15) is 5.56 Å². The molecular formula is C6H5Br2N. The molecule has 0 saturated heterocycles. The van der Waals surface area contributed by atoms with E-state index in [1.54, 1.807) is 6.20 Å². The van der Waals surface area contributed by atoms with Gasteiger partial charge in [-0.1, -0.05) is 0 Å². The number of nitrogens with zero attached hydrogens (tertiary/aromatic N) is 1. The number of rotatable bonds is 0. The highest BCUT2D eigenvalue weighted by Crippen LogP contribution is 2.22. The number of hydrogen-bond donors (Lipinski definition) is 0. The van der Waals surface area contributed by atoms with Gasteiger partial charge in [0, 0.05) is 6.20 Å². The van der Waals surface area contributed by atoms with Gasteiger partial charge < -0.3 is 0 Å². The zero-order valence-electron chi connectivity index (χ0n) is 4.86. The lowest BCUT2D eigenvalue weighted by Crippen LogP contribution is -1.79. The zero-order valence-corrected chi connectivity index (χ0v) is 8.03. The normalized spacial score (nSPS) is 9.67. The minimum atomic E-state index is 0.863. The fourth-order valence-electron chi connectivity index (χ4n) is 0.507. The summed E-state index contributed by atoms with van der Waals surface area (Å²) < 4.78 is 1.90. The van der Waals surface area contributed by atoms with Crippen LogP contribution >= 0.6 is 31.9 Å². The van der Waals surface area contributed by atoms with E-state index >= 15 is 0 Å². The summed E-state index contributed by atoms with van der Waals surface area (Å²) in [5.41, 5.74) is 1.19. The van der Waals surface area contributed by atoms with E-state index in [9.17, 15) is 0 Å². The van der Waals surface area contributed by atoms with E-state index < -0.39 is 0 Å². The van der Waals surface area contributed by atoms with Crippen LogP contribution in [-0.2, 0) is 0 Å². The molecule has 0 fully saturated rings. The average molecular weight is 251 g/mol. The molecule has 0 amide bonds. The van der Waals surface area contributed by atoms with E-state index in [1.807, 2.05) is 13.0 Å². The van der Waals surface area contributed by atoms with Crippen molar-refractivity contribution in [1.29, 1.82) is 0 Å². The molecule has 0 spiro atoms. The summed E-state index contributed by atoms with van der Waals surface area (Å²) in [6, 6.07) is 1.95. The molecule has 3 heteroatoms. The summed E-state index contributed by atoms with van der Waals surface area (Å²) in [6.07, 6.45) is 1.77. The van der Waals surface area contributed by atoms with Crippen LogP contribution in [0.2, 0.25) is 0 Å². The lowest BCUT2D eigenvalue weighted by atomic mass is 10.3. The standard InChI is InChI=1S/C6H5Br2N/c1-4-2-3-9-6(8)5(4)7/h2-3H,1H3. The Kier molecular flexibility index (Phi) is 2.24. The monoisotopic (exact) mass is 249 g/mol. The van der Waals surface area contributed by atoms with Gasteiger partial charge in [-0.2, -0.15) is 0 Å². The lowest BCUT2D eigenvalue weighted by Gasteiger charge is -1.96. The first-order chi connectivity index (χ1) is 4.22. The number of hydrogen-bond acceptors (Lipinski definition) is 1. The van der Waals surface area contributed by atoms with Crippen LogP contribution in [0.25, 0.3) is 0 Å². The van der Waals surface area contributed by atoms with E-state index in [0.717, 1.165) is 9.08 Å². The Morgan fingerprint density at radius 1 is 1.44 bits per heavy atom. The van der Waals surface area contributed by atoms with Gasteiger partial charge in [-0.15, -0.1) is 0 Å². The summed E-state index contributed by atoms with van der Waals surface area (Å²) in [5, 5.41) is 0. The molecule has 1 aromatic rings. The smallest absolute Gasteiger partial charge is 0.120 e. The van der Waals surface area contributed by atoms with Crippen molar-refractivity contribution in [1.82, 2.24) is 4.98 Å². The summed E-state index contributed by atoms with van der Waals surface area (Å²) in [7, 11) is 0. The van der Waals surface area contributed by atoms with Crippen LogP contribution in [0.4, 0.5) is 0 Å². The highest BCUT2D eigenvalue weighted by molar-refractivity contribution is 9.13. The SMILES string of the molecule is Cc1ccnc(Br)c1Br. The van der Waals surface area contributed by atoms with E-state index in [4.69, 9.17) is 0 Å². The van der Waals surface area contributed by atoms with Crippen molar-refractivity contribution in [2.24, 2.45) is 0 Å². The molecule has 48 valence electrons. The van der Waals surface area contributed by atoms with Gasteiger partial charge in [0.1, 0.15) is 4.60 Å². The molecule has 0 aromatic carbocycles. The molecule has 0 saturated carbocycles. The Hall–Kier alpha value is 0.110. The molecule has 0 bridgehead atoms. The summed E-state index contributed by atoms with van der Waals surface area (Å²) in [6.45, 7) is 2.02. The molecule has 0 aliphatic heterocycles. The molecule has 0 aliphatic rings. The Bertz CT molecular complexity index is 202. The third kappa shape index (κ3) is 1.52. The second-order valence-corrected chi connectivity index (χ2v) is 3.28. The molecule has 0 aliphatic carbocycles. The lowest BCUT2D eigenvalue weighted by molar-refractivity contribution is 1.21. The molecular weight excluding hydrogens is 246 g/mol. The summed E-state index contributed by atoms with van der Waals surface area (Å²) in [5.74, 6) is 0. The fraction of sp³-hybridized carbons (Fsp3) is 0.167. The van der Waals surface area contributed by atoms with E-state index in [1.165, 1.54) is 5.56 Å². The van der Waals surface area contributed by atoms with Gasteiger partial charge in [-0.3, -0.25) is 0 Å². The second kappa shape index (κ2) is 2.80. The van der Waals surface area contributed by atoms with Crippen LogP contribution in [0.5, 0.6) is 0 Å². The van der Waals surface area contributed by atoms with Crippen LogP contribution in [0, 0.1) is 6.92 Å². The quantitative estimate of drug-likeness (QED) is 0.646. The molecule has 0 atom stereocenters. The second-order valence-electron chi connectivity index (χ2n) is 1.73. The third-order valence-corrected chi connectivity index (χ3v) is 3.17. The summed E-state index contributed by atoms with van der Waals surface area (Å²) >= 11 is 6.66. The number of pyridine rings is 1. The fourth-order valence-corrected chi connectivity index (χ4v) is 1.17. The van der Waals surface area contributed by atoms with Gasteiger partial charge >= 0.3 is 0 Å².